The summed E-state index contributed by atoms with van der Waals surface area (Å²) in [5.41, 5.74) is 11.6. The van der Waals surface area contributed by atoms with Crippen LogP contribution in [-0.4, -0.2) is 19.5 Å². The minimum absolute atomic E-state index is 0.0538. The largest absolute Gasteiger partial charge is 0.383 e. The number of aromatic nitrogens is 4. The van der Waals surface area contributed by atoms with Gasteiger partial charge in [-0.15, -0.1) is 0 Å². The Hall–Kier alpha value is -5.24. The van der Waals surface area contributed by atoms with Gasteiger partial charge in [0.05, 0.1) is 5.69 Å². The lowest BCUT2D eigenvalue weighted by molar-refractivity contribution is 1.000. The normalized spacial score (nSPS) is 11.2. The number of rotatable bonds is 7. The van der Waals surface area contributed by atoms with Crippen LogP contribution in [0.3, 0.4) is 0 Å². The van der Waals surface area contributed by atoms with Crippen LogP contribution >= 0.6 is 0 Å². The molecule has 0 saturated carbocycles. The number of nitrogens with one attached hydrogen (secondary N) is 2. The molecule has 198 valence electrons. The molecule has 8 nitrogen and oxygen atoms in total. The summed E-state index contributed by atoms with van der Waals surface area (Å²) >= 11 is 0. The Bertz CT molecular complexity index is 1930. The number of nitrogens with two attached hydrogens (primary N) is 1. The molecule has 3 heterocycles. The molecule has 6 aromatic rings. The number of anilines is 3. The summed E-state index contributed by atoms with van der Waals surface area (Å²) in [7, 11) is 0. The molecule has 0 spiro atoms. The molecule has 0 aliphatic rings. The third kappa shape index (κ3) is 4.82. The quantitative estimate of drug-likeness (QED) is 0.242. The fraction of sp³-hybridized carbons (Fsp3) is 0.125. The Morgan fingerprint density at radius 3 is 2.45 bits per heavy atom. The van der Waals surface area contributed by atoms with Gasteiger partial charge in [-0.25, -0.2) is 15.0 Å². The Morgan fingerprint density at radius 2 is 1.62 bits per heavy atom. The first-order valence-corrected chi connectivity index (χ1v) is 13.1. The van der Waals surface area contributed by atoms with Gasteiger partial charge in [0.1, 0.15) is 23.8 Å². The molecular formula is C32H29N7O. The van der Waals surface area contributed by atoms with Crippen molar-refractivity contribution >= 4 is 39.0 Å². The molecule has 0 aliphatic carbocycles. The van der Waals surface area contributed by atoms with Crippen molar-refractivity contribution in [2.75, 3.05) is 16.4 Å². The van der Waals surface area contributed by atoms with Gasteiger partial charge in [0.25, 0.3) is 5.56 Å². The van der Waals surface area contributed by atoms with Crippen LogP contribution in [0, 0.1) is 13.8 Å². The zero-order valence-corrected chi connectivity index (χ0v) is 22.3. The van der Waals surface area contributed by atoms with Crippen molar-refractivity contribution < 1.29 is 0 Å². The molecule has 0 saturated heterocycles. The summed E-state index contributed by atoms with van der Waals surface area (Å²) < 4.78 is 1.67. The Labute approximate surface area is 231 Å². The number of benzene rings is 3. The van der Waals surface area contributed by atoms with E-state index in [2.05, 4.69) is 69.8 Å². The molecule has 0 radical (unpaired) electrons. The van der Waals surface area contributed by atoms with Crippen molar-refractivity contribution in [3.05, 3.63) is 124 Å². The maximum absolute atomic E-state index is 12.4. The zero-order valence-electron chi connectivity index (χ0n) is 22.3. The predicted octanol–water partition coefficient (Wildman–Crippen LogP) is 5.75. The second-order valence-electron chi connectivity index (χ2n) is 9.83. The highest BCUT2D eigenvalue weighted by Crippen LogP contribution is 2.28. The minimum atomic E-state index is -0.0538. The third-order valence-electron chi connectivity index (χ3n) is 7.31. The monoisotopic (exact) mass is 527 g/mol. The van der Waals surface area contributed by atoms with E-state index in [-0.39, 0.29) is 5.56 Å². The molecule has 0 amide bonds. The Morgan fingerprint density at radius 1 is 0.800 bits per heavy atom. The van der Waals surface area contributed by atoms with E-state index >= 15 is 0 Å². The van der Waals surface area contributed by atoms with Gasteiger partial charge >= 0.3 is 0 Å². The summed E-state index contributed by atoms with van der Waals surface area (Å²) in [6.07, 6.45) is 5.10. The fourth-order valence-corrected chi connectivity index (χ4v) is 5.19. The maximum Gasteiger partial charge on any atom is 0.255 e. The number of nitrogens with zero attached hydrogens (tertiary/aromatic N) is 4. The average molecular weight is 528 g/mol. The molecule has 0 unspecified atom stereocenters. The molecule has 6 rings (SSSR count). The van der Waals surface area contributed by atoms with Crippen LogP contribution in [0.4, 0.5) is 17.5 Å². The summed E-state index contributed by atoms with van der Waals surface area (Å²) in [6, 6.07) is 23.5. The number of pyridine rings is 2. The first-order chi connectivity index (χ1) is 19.5. The maximum atomic E-state index is 12.4. The number of aryl methyl sites for hydroxylation is 2. The zero-order chi connectivity index (χ0) is 27.6. The second-order valence-corrected chi connectivity index (χ2v) is 9.83. The van der Waals surface area contributed by atoms with Crippen LogP contribution < -0.4 is 21.9 Å². The molecule has 0 fully saturated rings. The molecule has 3 aromatic heterocycles. The molecule has 0 aliphatic heterocycles. The third-order valence-corrected chi connectivity index (χ3v) is 7.31. The van der Waals surface area contributed by atoms with Crippen LogP contribution in [0.2, 0.25) is 0 Å². The Kier molecular flexibility index (Phi) is 6.57. The number of hydrogen-bond acceptors (Lipinski definition) is 7. The molecular weight excluding hydrogens is 498 g/mol. The van der Waals surface area contributed by atoms with Gasteiger partial charge in [-0.3, -0.25) is 9.36 Å². The van der Waals surface area contributed by atoms with Crippen molar-refractivity contribution in [3.63, 3.8) is 0 Å². The number of nitrogen functional groups attached to an aromatic ring is 1. The van der Waals surface area contributed by atoms with E-state index in [4.69, 9.17) is 5.73 Å². The van der Waals surface area contributed by atoms with Crippen LogP contribution in [0.25, 0.3) is 27.2 Å². The first kappa shape index (κ1) is 25.1. The lowest BCUT2D eigenvalue weighted by atomic mass is 9.96. The molecule has 8 heteroatoms. The lowest BCUT2D eigenvalue weighted by Crippen LogP contribution is -2.15. The SMILES string of the molecule is Cc1cc2c(N)nccc2c(C)c1CNc1cc(NCc2ccc3c(-n4ccccc4=O)cccc3c2)ncn1. The van der Waals surface area contributed by atoms with Gasteiger partial charge in [-0.05, 0) is 77.2 Å². The van der Waals surface area contributed by atoms with Crippen molar-refractivity contribution in [3.8, 4) is 5.69 Å². The fourth-order valence-electron chi connectivity index (χ4n) is 5.19. The molecule has 3 aromatic carbocycles. The van der Waals surface area contributed by atoms with Crippen molar-refractivity contribution in [2.24, 2.45) is 0 Å². The van der Waals surface area contributed by atoms with Crippen LogP contribution in [-0.2, 0) is 13.1 Å². The van der Waals surface area contributed by atoms with Crippen LogP contribution in [0.15, 0.2) is 96.3 Å². The van der Waals surface area contributed by atoms with Crippen molar-refractivity contribution in [1.82, 2.24) is 19.5 Å². The predicted molar refractivity (Wildman–Crippen MR) is 162 cm³/mol. The van der Waals surface area contributed by atoms with E-state index in [0.29, 0.717) is 18.9 Å². The van der Waals surface area contributed by atoms with Gasteiger partial charge in [0.15, 0.2) is 0 Å². The molecule has 0 atom stereocenters. The van der Waals surface area contributed by atoms with E-state index in [9.17, 15) is 4.79 Å². The van der Waals surface area contributed by atoms with Gasteiger partial charge in [-0.2, -0.15) is 0 Å². The smallest absolute Gasteiger partial charge is 0.255 e. The van der Waals surface area contributed by atoms with Crippen LogP contribution in [0.5, 0.6) is 0 Å². The summed E-state index contributed by atoms with van der Waals surface area (Å²) in [6.45, 7) is 5.43. The molecule has 0 bridgehead atoms. The standard InChI is InChI=1S/C32H29N7O/c1-20-14-26-24(11-12-34-32(26)33)21(2)27(20)18-36-30-16-29(37-19-38-30)35-17-22-9-10-25-23(15-22)6-5-7-28(25)39-13-4-3-8-31(39)40/h3-16,19H,17-18H2,1-2H3,(H2,33,34)(H2,35,36,37,38). The van der Waals surface area contributed by atoms with E-state index in [1.165, 1.54) is 11.1 Å². The first-order valence-electron chi connectivity index (χ1n) is 13.1. The van der Waals surface area contributed by atoms with Gasteiger partial charge in [0.2, 0.25) is 0 Å². The van der Waals surface area contributed by atoms with E-state index in [0.717, 1.165) is 50.0 Å². The lowest BCUT2D eigenvalue weighted by Gasteiger charge is -2.15. The number of hydrogen-bond donors (Lipinski definition) is 3. The van der Waals surface area contributed by atoms with E-state index in [1.54, 1.807) is 35.4 Å². The topological polar surface area (TPSA) is 111 Å². The van der Waals surface area contributed by atoms with Gasteiger partial charge in [0, 0.05) is 48.4 Å². The van der Waals surface area contributed by atoms with E-state index < -0.39 is 0 Å². The summed E-state index contributed by atoms with van der Waals surface area (Å²) in [4.78, 5) is 25.4. The molecule has 4 N–H and O–H groups in total. The van der Waals surface area contributed by atoms with Gasteiger partial charge in [-0.1, -0.05) is 30.3 Å². The van der Waals surface area contributed by atoms with Crippen LogP contribution in [0.1, 0.15) is 22.3 Å². The van der Waals surface area contributed by atoms with Crippen molar-refractivity contribution in [1.29, 1.82) is 0 Å². The highest BCUT2D eigenvalue weighted by molar-refractivity contribution is 5.94. The summed E-state index contributed by atoms with van der Waals surface area (Å²) in [5, 5.41) is 11.0. The molecule has 40 heavy (non-hydrogen) atoms. The minimum Gasteiger partial charge on any atom is -0.383 e. The van der Waals surface area contributed by atoms with Gasteiger partial charge < -0.3 is 16.4 Å². The summed E-state index contributed by atoms with van der Waals surface area (Å²) in [5.74, 6) is 2.02. The Balaban J connectivity index is 1.17. The van der Waals surface area contributed by atoms with Crippen molar-refractivity contribution in [2.45, 2.75) is 26.9 Å². The average Bonchev–Trinajstić information content (AvgIpc) is 2.97. The number of fused-ring (bicyclic) bond motifs is 2. The second kappa shape index (κ2) is 10.5. The highest BCUT2D eigenvalue weighted by Gasteiger charge is 2.11. The highest BCUT2D eigenvalue weighted by atomic mass is 16.1. The van der Waals surface area contributed by atoms with E-state index in [1.807, 2.05) is 30.3 Å².